The molecule has 2 aromatic carbocycles. The van der Waals surface area contributed by atoms with E-state index in [1.54, 1.807) is 12.1 Å². The van der Waals surface area contributed by atoms with Crippen molar-refractivity contribution in [3.63, 3.8) is 0 Å². The summed E-state index contributed by atoms with van der Waals surface area (Å²) < 4.78 is 11.1. The molecule has 1 fully saturated rings. The number of hydrogen-bond acceptors (Lipinski definition) is 4. The maximum absolute atomic E-state index is 12.5. The van der Waals surface area contributed by atoms with Crippen LogP contribution in [-0.2, 0) is 4.74 Å². The second kappa shape index (κ2) is 9.73. The average molecular weight is 367 g/mol. The molecule has 1 amide bonds. The van der Waals surface area contributed by atoms with E-state index >= 15 is 0 Å². The minimum atomic E-state index is -0.208. The van der Waals surface area contributed by atoms with Crippen LogP contribution in [0.15, 0.2) is 59.6 Å². The van der Waals surface area contributed by atoms with E-state index in [0.29, 0.717) is 24.7 Å². The maximum atomic E-state index is 12.5. The van der Waals surface area contributed by atoms with Gasteiger partial charge in [0.2, 0.25) is 5.96 Å². The van der Waals surface area contributed by atoms with Crippen LogP contribution in [-0.4, -0.2) is 37.7 Å². The number of ether oxygens (including phenoxy) is 2. The summed E-state index contributed by atoms with van der Waals surface area (Å²) in [6.07, 6.45) is 2.15. The fourth-order valence-electron chi connectivity index (χ4n) is 2.80. The van der Waals surface area contributed by atoms with Crippen LogP contribution in [0, 0.1) is 0 Å². The highest BCUT2D eigenvalue weighted by atomic mass is 16.5. The zero-order valence-electron chi connectivity index (χ0n) is 15.5. The minimum Gasteiger partial charge on any atom is -0.494 e. The van der Waals surface area contributed by atoms with Crippen LogP contribution in [0.3, 0.4) is 0 Å². The van der Waals surface area contributed by atoms with Crippen molar-refractivity contribution in [3.8, 4) is 5.75 Å². The molecule has 1 atom stereocenters. The molecule has 0 radical (unpaired) electrons. The Balaban J connectivity index is 1.70. The molecule has 0 aliphatic carbocycles. The van der Waals surface area contributed by atoms with Gasteiger partial charge in [0.25, 0.3) is 5.91 Å². The normalized spacial score (nSPS) is 16.8. The fraction of sp³-hybridized carbons (Fsp3) is 0.333. The van der Waals surface area contributed by atoms with Crippen LogP contribution in [0.25, 0.3) is 0 Å². The number of hydrogen-bond donors (Lipinski definition) is 2. The Labute approximate surface area is 159 Å². The Bertz CT molecular complexity index is 754. The van der Waals surface area contributed by atoms with Crippen LogP contribution in [0.4, 0.5) is 5.69 Å². The number of nitrogens with zero attached hydrogens (tertiary/aromatic N) is 1. The van der Waals surface area contributed by atoms with E-state index < -0.39 is 0 Å². The lowest BCUT2D eigenvalue weighted by Crippen LogP contribution is -2.36. The molecule has 0 saturated carbocycles. The van der Waals surface area contributed by atoms with Crippen LogP contribution in [0.5, 0.6) is 5.75 Å². The molecule has 1 aliphatic heterocycles. The summed E-state index contributed by atoms with van der Waals surface area (Å²) in [6.45, 7) is 3.85. The molecule has 1 aliphatic rings. The van der Waals surface area contributed by atoms with Crippen molar-refractivity contribution in [2.24, 2.45) is 4.99 Å². The van der Waals surface area contributed by atoms with Gasteiger partial charge >= 0.3 is 0 Å². The second-order valence-electron chi connectivity index (χ2n) is 6.23. The lowest BCUT2D eigenvalue weighted by atomic mass is 10.2. The van der Waals surface area contributed by atoms with Crippen LogP contribution >= 0.6 is 0 Å². The van der Waals surface area contributed by atoms with Crippen molar-refractivity contribution in [1.82, 2.24) is 5.32 Å². The summed E-state index contributed by atoms with van der Waals surface area (Å²) in [7, 11) is 0. The topological polar surface area (TPSA) is 71.9 Å². The Morgan fingerprint density at radius 3 is 2.63 bits per heavy atom. The average Bonchev–Trinajstić information content (AvgIpc) is 3.22. The first-order valence-electron chi connectivity index (χ1n) is 9.27. The zero-order valence-corrected chi connectivity index (χ0v) is 15.5. The third-order valence-electron chi connectivity index (χ3n) is 4.17. The van der Waals surface area contributed by atoms with E-state index in [-0.39, 0.29) is 12.0 Å². The highest BCUT2D eigenvalue weighted by Gasteiger charge is 2.16. The Morgan fingerprint density at radius 1 is 1.19 bits per heavy atom. The molecule has 6 nitrogen and oxygen atoms in total. The third kappa shape index (κ3) is 5.82. The van der Waals surface area contributed by atoms with Gasteiger partial charge in [-0.3, -0.25) is 10.1 Å². The van der Waals surface area contributed by atoms with Gasteiger partial charge in [-0.25, -0.2) is 4.99 Å². The van der Waals surface area contributed by atoms with Crippen molar-refractivity contribution in [3.05, 3.63) is 60.2 Å². The first kappa shape index (κ1) is 18.9. The molecule has 0 spiro atoms. The van der Waals surface area contributed by atoms with Gasteiger partial charge in [-0.2, -0.15) is 0 Å². The van der Waals surface area contributed by atoms with Crippen molar-refractivity contribution in [2.75, 3.05) is 25.1 Å². The van der Waals surface area contributed by atoms with E-state index in [1.807, 2.05) is 49.4 Å². The molecule has 1 saturated heterocycles. The summed E-state index contributed by atoms with van der Waals surface area (Å²) in [5, 5.41) is 6.04. The predicted molar refractivity (Wildman–Crippen MR) is 106 cm³/mol. The maximum Gasteiger partial charge on any atom is 0.257 e. The van der Waals surface area contributed by atoms with E-state index in [9.17, 15) is 4.79 Å². The number of benzene rings is 2. The molecule has 1 heterocycles. The molecular formula is C21H25N3O3. The number of rotatable bonds is 6. The highest BCUT2D eigenvalue weighted by Crippen LogP contribution is 2.16. The summed E-state index contributed by atoms with van der Waals surface area (Å²) in [4.78, 5) is 17.0. The summed E-state index contributed by atoms with van der Waals surface area (Å²) in [5.74, 6) is 0.998. The van der Waals surface area contributed by atoms with Crippen molar-refractivity contribution in [2.45, 2.75) is 25.9 Å². The summed E-state index contributed by atoms with van der Waals surface area (Å²) >= 11 is 0. The molecular weight excluding hydrogens is 342 g/mol. The van der Waals surface area contributed by atoms with E-state index in [1.165, 1.54) is 0 Å². The number of aliphatic imine (C=N–C) groups is 1. The number of carbonyl (C=O) groups excluding carboxylic acids is 1. The SMILES string of the molecule is CCOc1ccc(NC(=NCC2CCCO2)NC(=O)c2ccccc2)cc1. The third-order valence-corrected chi connectivity index (χ3v) is 4.17. The van der Waals surface area contributed by atoms with Gasteiger partial charge in [0.15, 0.2) is 0 Å². The largest absolute Gasteiger partial charge is 0.494 e. The fourth-order valence-corrected chi connectivity index (χ4v) is 2.80. The summed E-state index contributed by atoms with van der Waals surface area (Å²) in [5.41, 5.74) is 1.40. The van der Waals surface area contributed by atoms with Crippen molar-refractivity contribution >= 4 is 17.6 Å². The lowest BCUT2D eigenvalue weighted by molar-refractivity contribution is 0.0975. The monoisotopic (exact) mass is 367 g/mol. The van der Waals surface area contributed by atoms with E-state index in [2.05, 4.69) is 15.6 Å². The molecule has 0 bridgehead atoms. The summed E-state index contributed by atoms with van der Waals surface area (Å²) in [6, 6.07) is 16.6. The van der Waals surface area contributed by atoms with Gasteiger partial charge in [-0.05, 0) is 56.2 Å². The van der Waals surface area contributed by atoms with Gasteiger partial charge in [0.05, 0.1) is 19.3 Å². The minimum absolute atomic E-state index is 0.107. The number of guanidine groups is 1. The quantitative estimate of drug-likeness (QED) is 0.606. The van der Waals surface area contributed by atoms with E-state index in [4.69, 9.17) is 9.47 Å². The van der Waals surface area contributed by atoms with Gasteiger partial charge in [0, 0.05) is 17.9 Å². The molecule has 2 aromatic rings. The predicted octanol–water partition coefficient (Wildman–Crippen LogP) is 3.46. The first-order valence-corrected chi connectivity index (χ1v) is 9.27. The van der Waals surface area contributed by atoms with Gasteiger partial charge in [-0.1, -0.05) is 18.2 Å². The molecule has 27 heavy (non-hydrogen) atoms. The molecule has 0 aromatic heterocycles. The number of carbonyl (C=O) groups is 1. The number of nitrogens with one attached hydrogen (secondary N) is 2. The number of anilines is 1. The molecule has 1 unspecified atom stereocenters. The highest BCUT2D eigenvalue weighted by molar-refractivity contribution is 6.09. The first-order chi connectivity index (χ1) is 13.2. The Hall–Kier alpha value is -2.86. The standard InChI is InChI=1S/C21H25N3O3/c1-2-26-18-12-10-17(11-13-18)23-21(22-15-19-9-6-14-27-19)24-20(25)16-7-4-3-5-8-16/h3-5,7-8,10-13,19H,2,6,9,14-15H2,1H3,(H2,22,23,24,25). The van der Waals surface area contributed by atoms with Gasteiger partial charge in [0.1, 0.15) is 5.75 Å². The lowest BCUT2D eigenvalue weighted by Gasteiger charge is -2.14. The zero-order chi connectivity index (χ0) is 18.9. The Kier molecular flexibility index (Phi) is 6.82. The van der Waals surface area contributed by atoms with Gasteiger partial charge in [-0.15, -0.1) is 0 Å². The molecule has 142 valence electrons. The molecule has 6 heteroatoms. The molecule has 3 rings (SSSR count). The second-order valence-corrected chi connectivity index (χ2v) is 6.23. The van der Waals surface area contributed by atoms with Crippen molar-refractivity contribution in [1.29, 1.82) is 0 Å². The van der Waals surface area contributed by atoms with Crippen LogP contribution in [0.2, 0.25) is 0 Å². The Morgan fingerprint density at radius 2 is 1.96 bits per heavy atom. The van der Waals surface area contributed by atoms with E-state index in [0.717, 1.165) is 30.9 Å². The van der Waals surface area contributed by atoms with Crippen LogP contribution in [0.1, 0.15) is 30.1 Å². The molecule has 2 N–H and O–H groups in total. The van der Waals surface area contributed by atoms with Crippen molar-refractivity contribution < 1.29 is 14.3 Å². The smallest absolute Gasteiger partial charge is 0.257 e. The number of amides is 1. The van der Waals surface area contributed by atoms with Gasteiger partial charge < -0.3 is 14.8 Å². The van der Waals surface area contributed by atoms with Crippen LogP contribution < -0.4 is 15.4 Å².